The lowest BCUT2D eigenvalue weighted by Crippen LogP contribution is -2.53. The molecular weight excluding hydrogens is 270 g/mol. The maximum Gasteiger partial charge on any atom is 0.186 e. The molecule has 1 heterocycles. The number of benzene rings is 2. The lowest BCUT2D eigenvalue weighted by atomic mass is 10.0. The van der Waals surface area contributed by atoms with E-state index in [4.69, 9.17) is 0 Å². The summed E-state index contributed by atoms with van der Waals surface area (Å²) in [5.41, 5.74) is 2.72. The van der Waals surface area contributed by atoms with Gasteiger partial charge >= 0.3 is 0 Å². The molecule has 0 amide bonds. The van der Waals surface area contributed by atoms with Gasteiger partial charge in [0.15, 0.2) is 8.24 Å². The third kappa shape index (κ3) is 2.86. The molecule has 0 N–H and O–H groups in total. The zero-order chi connectivity index (χ0) is 14.7. The molecule has 0 aromatic heterocycles. The fourth-order valence-corrected chi connectivity index (χ4v) is 5.01. The summed E-state index contributed by atoms with van der Waals surface area (Å²) >= 11 is 0. The SMILES string of the molecule is C[Si](C)(c1ccccc1)N1C=CCC(c2ccccc2)=C1. The summed E-state index contributed by atoms with van der Waals surface area (Å²) in [4.78, 5) is 0. The van der Waals surface area contributed by atoms with Crippen LogP contribution in [0.4, 0.5) is 0 Å². The molecule has 0 atom stereocenters. The minimum absolute atomic E-state index is 1.01. The van der Waals surface area contributed by atoms with Crippen molar-refractivity contribution in [1.82, 2.24) is 4.57 Å². The van der Waals surface area contributed by atoms with Crippen molar-refractivity contribution < 1.29 is 0 Å². The molecule has 0 fully saturated rings. The van der Waals surface area contributed by atoms with E-state index in [-0.39, 0.29) is 0 Å². The number of allylic oxidation sites excluding steroid dienone is 2. The van der Waals surface area contributed by atoms with Crippen LogP contribution >= 0.6 is 0 Å². The highest BCUT2D eigenvalue weighted by Crippen LogP contribution is 2.26. The number of hydrogen-bond acceptors (Lipinski definition) is 1. The third-order valence-electron chi connectivity index (χ3n) is 4.17. The summed E-state index contributed by atoms with van der Waals surface area (Å²) in [7, 11) is -1.68. The molecule has 2 aromatic rings. The molecule has 2 heteroatoms. The molecule has 106 valence electrons. The Morgan fingerprint density at radius 2 is 1.48 bits per heavy atom. The van der Waals surface area contributed by atoms with Gasteiger partial charge in [0.2, 0.25) is 0 Å². The van der Waals surface area contributed by atoms with Crippen molar-refractivity contribution in [1.29, 1.82) is 0 Å². The van der Waals surface area contributed by atoms with Crippen LogP contribution in [0.15, 0.2) is 79.1 Å². The third-order valence-corrected chi connectivity index (χ3v) is 7.48. The van der Waals surface area contributed by atoms with Crippen molar-refractivity contribution in [3.63, 3.8) is 0 Å². The van der Waals surface area contributed by atoms with Gasteiger partial charge in [-0.05, 0) is 48.2 Å². The number of rotatable bonds is 3. The molecule has 0 spiro atoms. The molecular formula is C19H21NSi. The molecule has 0 saturated heterocycles. The largest absolute Gasteiger partial charge is 0.376 e. The zero-order valence-corrected chi connectivity index (χ0v) is 13.7. The van der Waals surface area contributed by atoms with Crippen molar-refractivity contribution in [2.45, 2.75) is 19.5 Å². The number of nitrogens with zero attached hydrogens (tertiary/aromatic N) is 1. The fourth-order valence-electron chi connectivity index (χ4n) is 2.74. The van der Waals surface area contributed by atoms with Crippen LogP contribution in [0, 0.1) is 0 Å². The van der Waals surface area contributed by atoms with Crippen LogP contribution in [0.2, 0.25) is 13.1 Å². The lowest BCUT2D eigenvalue weighted by Gasteiger charge is -2.36. The summed E-state index contributed by atoms with van der Waals surface area (Å²) in [6, 6.07) is 21.6. The minimum Gasteiger partial charge on any atom is -0.376 e. The molecule has 0 unspecified atom stereocenters. The van der Waals surface area contributed by atoms with Crippen LogP contribution in [-0.4, -0.2) is 12.8 Å². The second-order valence-corrected chi connectivity index (χ2v) is 10.2. The van der Waals surface area contributed by atoms with Gasteiger partial charge in [-0.15, -0.1) is 0 Å². The Kier molecular flexibility index (Phi) is 3.80. The van der Waals surface area contributed by atoms with Crippen molar-refractivity contribution in [2.75, 3.05) is 0 Å². The Balaban J connectivity index is 1.94. The van der Waals surface area contributed by atoms with Gasteiger partial charge < -0.3 is 4.57 Å². The van der Waals surface area contributed by atoms with Crippen LogP contribution in [0.5, 0.6) is 0 Å². The van der Waals surface area contributed by atoms with E-state index < -0.39 is 8.24 Å². The summed E-state index contributed by atoms with van der Waals surface area (Å²) < 4.78 is 2.45. The quantitative estimate of drug-likeness (QED) is 0.760. The predicted octanol–water partition coefficient (Wildman–Crippen LogP) is 4.36. The van der Waals surface area contributed by atoms with E-state index in [1.54, 1.807) is 0 Å². The molecule has 0 radical (unpaired) electrons. The average molecular weight is 291 g/mol. The van der Waals surface area contributed by atoms with Crippen LogP contribution in [0.1, 0.15) is 12.0 Å². The van der Waals surface area contributed by atoms with Gasteiger partial charge in [0.05, 0.1) is 0 Å². The Morgan fingerprint density at radius 1 is 0.857 bits per heavy atom. The summed E-state index contributed by atoms with van der Waals surface area (Å²) in [5.74, 6) is 0. The molecule has 0 bridgehead atoms. The predicted molar refractivity (Wildman–Crippen MR) is 93.6 cm³/mol. The van der Waals surface area contributed by atoms with Gasteiger partial charge in [-0.3, -0.25) is 0 Å². The minimum atomic E-state index is -1.68. The monoisotopic (exact) mass is 291 g/mol. The Hall–Kier alpha value is -2.06. The van der Waals surface area contributed by atoms with E-state index in [0.717, 1.165) is 6.42 Å². The maximum atomic E-state index is 2.45. The summed E-state index contributed by atoms with van der Waals surface area (Å²) in [6.45, 7) is 4.80. The van der Waals surface area contributed by atoms with Gasteiger partial charge in [-0.2, -0.15) is 0 Å². The van der Waals surface area contributed by atoms with Crippen LogP contribution in [0.25, 0.3) is 5.57 Å². The van der Waals surface area contributed by atoms with Crippen molar-refractivity contribution in [2.24, 2.45) is 0 Å². The summed E-state index contributed by atoms with van der Waals surface area (Å²) in [6.07, 6.45) is 7.89. The first-order valence-corrected chi connectivity index (χ1v) is 10.4. The van der Waals surface area contributed by atoms with E-state index in [1.807, 2.05) is 0 Å². The smallest absolute Gasteiger partial charge is 0.186 e. The van der Waals surface area contributed by atoms with E-state index in [9.17, 15) is 0 Å². The lowest BCUT2D eigenvalue weighted by molar-refractivity contribution is 0.755. The zero-order valence-electron chi connectivity index (χ0n) is 12.7. The van der Waals surface area contributed by atoms with E-state index >= 15 is 0 Å². The first kappa shape index (κ1) is 13.9. The average Bonchev–Trinajstić information content (AvgIpc) is 2.57. The first-order valence-electron chi connectivity index (χ1n) is 7.45. The van der Waals surface area contributed by atoms with E-state index in [1.165, 1.54) is 16.3 Å². The first-order chi connectivity index (χ1) is 10.2. The molecule has 0 saturated carbocycles. The molecule has 3 rings (SSSR count). The van der Waals surface area contributed by atoms with E-state index in [2.05, 4.69) is 96.8 Å². The highest BCUT2D eigenvalue weighted by Gasteiger charge is 2.29. The van der Waals surface area contributed by atoms with Crippen LogP contribution in [0.3, 0.4) is 0 Å². The highest BCUT2D eigenvalue weighted by molar-refractivity contribution is 6.87. The standard InChI is InChI=1S/C19H21NSi/c1-21(2,19-13-7-4-8-14-19)20-15-9-12-18(16-20)17-10-5-3-6-11-17/h3-11,13-16H,12H2,1-2H3. The fraction of sp³-hybridized carbons (Fsp3) is 0.158. The Bertz CT molecular complexity index is 656. The van der Waals surface area contributed by atoms with Gasteiger partial charge in [0.1, 0.15) is 0 Å². The van der Waals surface area contributed by atoms with E-state index in [0.29, 0.717) is 0 Å². The molecule has 21 heavy (non-hydrogen) atoms. The molecule has 2 aromatic carbocycles. The van der Waals surface area contributed by atoms with Gasteiger partial charge in [0.25, 0.3) is 0 Å². The molecule has 1 aliphatic rings. The van der Waals surface area contributed by atoms with Crippen molar-refractivity contribution in [3.05, 3.63) is 84.7 Å². The van der Waals surface area contributed by atoms with Crippen LogP contribution < -0.4 is 5.19 Å². The maximum absolute atomic E-state index is 2.45. The number of hydrogen-bond donors (Lipinski definition) is 0. The van der Waals surface area contributed by atoms with Gasteiger partial charge in [-0.25, -0.2) is 0 Å². The van der Waals surface area contributed by atoms with Crippen molar-refractivity contribution >= 4 is 19.0 Å². The molecule has 1 aliphatic heterocycles. The van der Waals surface area contributed by atoms with Gasteiger partial charge in [-0.1, -0.05) is 66.7 Å². The summed E-state index contributed by atoms with van der Waals surface area (Å²) in [5, 5.41) is 1.46. The normalized spacial score (nSPS) is 15.0. The van der Waals surface area contributed by atoms with Crippen LogP contribution in [-0.2, 0) is 0 Å². The second kappa shape index (κ2) is 5.74. The Morgan fingerprint density at radius 3 is 2.14 bits per heavy atom. The molecule has 1 nitrogen and oxygen atoms in total. The van der Waals surface area contributed by atoms with Crippen molar-refractivity contribution in [3.8, 4) is 0 Å². The second-order valence-electron chi connectivity index (χ2n) is 5.94. The molecule has 0 aliphatic carbocycles. The highest BCUT2D eigenvalue weighted by atomic mass is 28.3. The Labute approximate surface area is 128 Å². The van der Waals surface area contributed by atoms with Gasteiger partial charge in [0, 0.05) is 0 Å². The topological polar surface area (TPSA) is 3.24 Å².